The lowest BCUT2D eigenvalue weighted by Gasteiger charge is -2.19. The molecular formula is C13H19N5O2S. The predicted molar refractivity (Wildman–Crippen MR) is 78.6 cm³/mol. The monoisotopic (exact) mass is 309 g/mol. The van der Waals surface area contributed by atoms with Gasteiger partial charge in [0, 0.05) is 12.3 Å². The Morgan fingerprint density at radius 2 is 2.29 bits per heavy atom. The first-order valence-corrected chi connectivity index (χ1v) is 8.26. The van der Waals surface area contributed by atoms with Gasteiger partial charge in [-0.3, -0.25) is 9.69 Å². The fourth-order valence-electron chi connectivity index (χ4n) is 2.70. The molecule has 0 aromatic carbocycles. The molecule has 1 atom stereocenters. The molecule has 1 N–H and O–H groups in total. The van der Waals surface area contributed by atoms with E-state index in [9.17, 15) is 9.59 Å². The number of urea groups is 1. The Balaban J connectivity index is 1.77. The summed E-state index contributed by atoms with van der Waals surface area (Å²) < 4.78 is 1.76. The van der Waals surface area contributed by atoms with Gasteiger partial charge in [0.2, 0.25) is 0 Å². The Morgan fingerprint density at radius 1 is 1.48 bits per heavy atom. The first kappa shape index (κ1) is 14.4. The summed E-state index contributed by atoms with van der Waals surface area (Å²) in [5, 5.41) is 7.03. The van der Waals surface area contributed by atoms with Crippen LogP contribution in [0.4, 0.5) is 4.79 Å². The predicted octanol–water partition coefficient (Wildman–Crippen LogP) is 0.862. The number of rotatable bonds is 4. The standard InChI is InChI=1S/C13H19N5O2S/c1-9(2)5-18-10(14-8-15-18)6-17-11(19)13(16-12(17)20)3-4-21-7-13/h8-9H,3-7H2,1-2H3,(H,16,20)/t13-/m0/s1. The van der Waals surface area contributed by atoms with Gasteiger partial charge in [-0.1, -0.05) is 13.8 Å². The molecule has 0 unspecified atom stereocenters. The third-order valence-electron chi connectivity index (χ3n) is 3.80. The summed E-state index contributed by atoms with van der Waals surface area (Å²) in [4.78, 5) is 30.2. The van der Waals surface area contributed by atoms with Gasteiger partial charge < -0.3 is 5.32 Å². The highest BCUT2D eigenvalue weighted by Gasteiger charge is 2.53. The molecule has 2 aliphatic heterocycles. The van der Waals surface area contributed by atoms with Crippen LogP contribution in [-0.2, 0) is 17.9 Å². The van der Waals surface area contributed by atoms with Gasteiger partial charge in [-0.05, 0) is 18.1 Å². The minimum Gasteiger partial charge on any atom is -0.322 e. The molecule has 8 heteroatoms. The normalized spacial score (nSPS) is 25.4. The third kappa shape index (κ3) is 2.52. The summed E-state index contributed by atoms with van der Waals surface area (Å²) in [6.45, 7) is 5.08. The molecule has 2 saturated heterocycles. The van der Waals surface area contributed by atoms with Gasteiger partial charge in [-0.2, -0.15) is 16.9 Å². The topological polar surface area (TPSA) is 80.1 Å². The zero-order chi connectivity index (χ0) is 15.0. The minimum atomic E-state index is -0.690. The maximum Gasteiger partial charge on any atom is 0.325 e. The number of thioether (sulfide) groups is 1. The second kappa shape index (κ2) is 5.32. The number of hydrogen-bond acceptors (Lipinski definition) is 5. The average molecular weight is 309 g/mol. The Kier molecular flexibility index (Phi) is 3.64. The van der Waals surface area contributed by atoms with Crippen LogP contribution in [0.3, 0.4) is 0 Å². The van der Waals surface area contributed by atoms with Crippen molar-refractivity contribution in [2.45, 2.75) is 38.9 Å². The zero-order valence-corrected chi connectivity index (χ0v) is 13.0. The van der Waals surface area contributed by atoms with E-state index >= 15 is 0 Å². The summed E-state index contributed by atoms with van der Waals surface area (Å²) in [7, 11) is 0. The SMILES string of the molecule is CC(C)Cn1ncnc1CN1C(=O)N[C@]2(CCSC2)C1=O. The van der Waals surface area contributed by atoms with Crippen LogP contribution in [0.25, 0.3) is 0 Å². The number of carbonyl (C=O) groups is 2. The van der Waals surface area contributed by atoms with Gasteiger partial charge in [0.15, 0.2) is 0 Å². The fraction of sp³-hybridized carbons (Fsp3) is 0.692. The summed E-state index contributed by atoms with van der Waals surface area (Å²) in [5.41, 5.74) is -0.690. The van der Waals surface area contributed by atoms with Crippen molar-refractivity contribution >= 4 is 23.7 Å². The van der Waals surface area contributed by atoms with Gasteiger partial charge in [0.25, 0.3) is 5.91 Å². The molecule has 3 amide bonds. The van der Waals surface area contributed by atoms with E-state index in [2.05, 4.69) is 29.2 Å². The Labute approximate surface area is 127 Å². The van der Waals surface area contributed by atoms with Gasteiger partial charge >= 0.3 is 6.03 Å². The second-order valence-electron chi connectivity index (χ2n) is 5.96. The van der Waals surface area contributed by atoms with Gasteiger partial charge in [0.05, 0.1) is 6.54 Å². The number of imide groups is 1. The lowest BCUT2D eigenvalue weighted by molar-refractivity contribution is -0.131. The highest BCUT2D eigenvalue weighted by atomic mass is 32.2. The average Bonchev–Trinajstić information content (AvgIpc) is 3.09. The van der Waals surface area contributed by atoms with Crippen molar-refractivity contribution in [2.24, 2.45) is 5.92 Å². The largest absolute Gasteiger partial charge is 0.325 e. The van der Waals surface area contributed by atoms with Gasteiger partial charge in [-0.15, -0.1) is 0 Å². The van der Waals surface area contributed by atoms with Crippen molar-refractivity contribution in [3.05, 3.63) is 12.2 Å². The number of nitrogens with one attached hydrogen (secondary N) is 1. The number of carbonyl (C=O) groups excluding carboxylic acids is 2. The van der Waals surface area contributed by atoms with Crippen LogP contribution in [0.5, 0.6) is 0 Å². The zero-order valence-electron chi connectivity index (χ0n) is 12.2. The maximum absolute atomic E-state index is 12.6. The van der Waals surface area contributed by atoms with E-state index in [1.165, 1.54) is 11.2 Å². The third-order valence-corrected chi connectivity index (χ3v) is 4.99. The smallest absolute Gasteiger partial charge is 0.322 e. The van der Waals surface area contributed by atoms with Crippen molar-refractivity contribution in [3.63, 3.8) is 0 Å². The quantitative estimate of drug-likeness (QED) is 0.835. The van der Waals surface area contributed by atoms with E-state index in [-0.39, 0.29) is 18.5 Å². The van der Waals surface area contributed by atoms with Crippen LogP contribution in [0.1, 0.15) is 26.1 Å². The lowest BCUT2D eigenvalue weighted by atomic mass is 9.99. The first-order chi connectivity index (χ1) is 10.0. The van der Waals surface area contributed by atoms with Crippen molar-refractivity contribution in [1.82, 2.24) is 25.0 Å². The molecule has 3 rings (SSSR count). The number of hydrogen-bond donors (Lipinski definition) is 1. The molecule has 2 aliphatic rings. The number of aromatic nitrogens is 3. The summed E-state index contributed by atoms with van der Waals surface area (Å²) in [6, 6.07) is -0.318. The van der Waals surface area contributed by atoms with Gasteiger partial charge in [-0.25, -0.2) is 14.5 Å². The van der Waals surface area contributed by atoms with E-state index in [0.717, 1.165) is 12.3 Å². The molecule has 1 spiro atoms. The Morgan fingerprint density at radius 3 is 2.95 bits per heavy atom. The molecule has 0 bridgehead atoms. The molecule has 3 heterocycles. The van der Waals surface area contributed by atoms with Crippen LogP contribution in [0.2, 0.25) is 0 Å². The van der Waals surface area contributed by atoms with E-state index in [4.69, 9.17) is 0 Å². The highest BCUT2D eigenvalue weighted by Crippen LogP contribution is 2.33. The van der Waals surface area contributed by atoms with Gasteiger partial charge in [0.1, 0.15) is 17.7 Å². The summed E-state index contributed by atoms with van der Waals surface area (Å²) in [5.74, 6) is 2.51. The maximum atomic E-state index is 12.6. The molecule has 1 aromatic heterocycles. The van der Waals surface area contributed by atoms with Crippen LogP contribution >= 0.6 is 11.8 Å². The Hall–Kier alpha value is -1.57. The van der Waals surface area contributed by atoms with Crippen molar-refractivity contribution in [2.75, 3.05) is 11.5 Å². The number of amides is 3. The molecule has 1 aromatic rings. The lowest BCUT2D eigenvalue weighted by Crippen LogP contribution is -2.47. The molecule has 114 valence electrons. The van der Waals surface area contributed by atoms with E-state index < -0.39 is 5.54 Å². The van der Waals surface area contributed by atoms with Crippen molar-refractivity contribution < 1.29 is 9.59 Å². The molecule has 0 saturated carbocycles. The Bertz CT molecular complexity index is 565. The molecule has 0 radical (unpaired) electrons. The molecule has 2 fully saturated rings. The highest BCUT2D eigenvalue weighted by molar-refractivity contribution is 7.99. The number of nitrogens with zero attached hydrogens (tertiary/aromatic N) is 4. The first-order valence-electron chi connectivity index (χ1n) is 7.10. The van der Waals surface area contributed by atoms with E-state index in [0.29, 0.717) is 23.9 Å². The minimum absolute atomic E-state index is 0.128. The van der Waals surface area contributed by atoms with Crippen molar-refractivity contribution in [3.8, 4) is 0 Å². The van der Waals surface area contributed by atoms with Crippen LogP contribution in [-0.4, -0.2) is 48.6 Å². The molecule has 0 aliphatic carbocycles. The van der Waals surface area contributed by atoms with Crippen molar-refractivity contribution in [1.29, 1.82) is 0 Å². The summed E-state index contributed by atoms with van der Waals surface area (Å²) in [6.07, 6.45) is 2.18. The van der Waals surface area contributed by atoms with E-state index in [1.54, 1.807) is 16.4 Å². The molecule has 7 nitrogen and oxygen atoms in total. The van der Waals surface area contributed by atoms with Crippen LogP contribution < -0.4 is 5.32 Å². The molecular weight excluding hydrogens is 290 g/mol. The second-order valence-corrected chi connectivity index (χ2v) is 7.06. The van der Waals surface area contributed by atoms with Crippen LogP contribution in [0, 0.1) is 5.92 Å². The fourth-order valence-corrected chi connectivity index (χ4v) is 4.03. The van der Waals surface area contributed by atoms with E-state index in [1.807, 2.05) is 0 Å². The van der Waals surface area contributed by atoms with Crippen LogP contribution in [0.15, 0.2) is 6.33 Å². The molecule has 21 heavy (non-hydrogen) atoms. The summed E-state index contributed by atoms with van der Waals surface area (Å²) >= 11 is 1.70.